The molecule has 0 radical (unpaired) electrons. The highest BCUT2D eigenvalue weighted by atomic mass is 32.2. The summed E-state index contributed by atoms with van der Waals surface area (Å²) < 4.78 is 18.6. The molecule has 16 heavy (non-hydrogen) atoms. The maximum Gasteiger partial charge on any atom is 0.261 e. The lowest BCUT2D eigenvalue weighted by Gasteiger charge is -2.02. The van der Waals surface area contributed by atoms with Crippen LogP contribution in [0.3, 0.4) is 0 Å². The van der Waals surface area contributed by atoms with Crippen molar-refractivity contribution < 1.29 is 8.81 Å². The minimum Gasteiger partial charge on any atom is -0.436 e. The first-order valence-corrected chi connectivity index (χ1v) is 5.55. The molecule has 2 rings (SSSR count). The molecule has 2 N–H and O–H groups in total. The molecule has 0 unspecified atom stereocenters. The fraction of sp³-hybridized carbons (Fsp3) is 0.182. The monoisotopic (exact) mass is 238 g/mol. The summed E-state index contributed by atoms with van der Waals surface area (Å²) in [7, 11) is 0. The number of anilines is 1. The molecule has 0 spiro atoms. The molecular formula is C11H11FN2OS. The first-order valence-electron chi connectivity index (χ1n) is 4.74. The molecule has 0 amide bonds. The predicted molar refractivity (Wildman–Crippen MR) is 60.9 cm³/mol. The Labute approximate surface area is 96.9 Å². The van der Waals surface area contributed by atoms with E-state index in [-0.39, 0.29) is 5.69 Å². The van der Waals surface area contributed by atoms with Crippen LogP contribution in [-0.4, -0.2) is 4.98 Å². The number of rotatable bonds is 2. The molecule has 0 aliphatic carbocycles. The summed E-state index contributed by atoms with van der Waals surface area (Å²) >= 11 is 1.22. The van der Waals surface area contributed by atoms with Crippen molar-refractivity contribution in [3.63, 3.8) is 0 Å². The molecule has 0 fully saturated rings. The van der Waals surface area contributed by atoms with Crippen LogP contribution >= 0.6 is 11.8 Å². The van der Waals surface area contributed by atoms with Crippen LogP contribution in [0.15, 0.2) is 32.7 Å². The summed E-state index contributed by atoms with van der Waals surface area (Å²) in [4.78, 5) is 4.81. The van der Waals surface area contributed by atoms with E-state index >= 15 is 0 Å². The molecule has 1 aromatic heterocycles. The summed E-state index contributed by atoms with van der Waals surface area (Å²) in [6.07, 6.45) is 0. The number of para-hydroxylation sites is 1. The van der Waals surface area contributed by atoms with Gasteiger partial charge < -0.3 is 10.2 Å². The lowest BCUT2D eigenvalue weighted by Crippen LogP contribution is -1.92. The molecule has 2 aromatic rings. The van der Waals surface area contributed by atoms with Gasteiger partial charge in [-0.15, -0.1) is 0 Å². The fourth-order valence-electron chi connectivity index (χ4n) is 1.19. The molecule has 1 heterocycles. The van der Waals surface area contributed by atoms with Gasteiger partial charge in [-0.2, -0.15) is 0 Å². The Morgan fingerprint density at radius 1 is 1.38 bits per heavy atom. The zero-order valence-electron chi connectivity index (χ0n) is 8.95. The first kappa shape index (κ1) is 11.0. The van der Waals surface area contributed by atoms with Gasteiger partial charge in [0, 0.05) is 4.90 Å². The molecule has 84 valence electrons. The van der Waals surface area contributed by atoms with Gasteiger partial charge in [0.05, 0.1) is 11.4 Å². The normalized spacial score (nSPS) is 10.7. The van der Waals surface area contributed by atoms with Crippen LogP contribution in [0, 0.1) is 19.7 Å². The molecule has 5 heteroatoms. The molecule has 0 saturated heterocycles. The zero-order valence-corrected chi connectivity index (χ0v) is 9.77. The van der Waals surface area contributed by atoms with Crippen LogP contribution in [0.1, 0.15) is 11.5 Å². The average Bonchev–Trinajstić information content (AvgIpc) is 2.54. The molecular weight excluding hydrogens is 227 g/mol. The SMILES string of the molecule is Cc1nc(Sc2cccc(F)c2N)oc1C. The van der Waals surface area contributed by atoms with E-state index in [2.05, 4.69) is 4.98 Å². The third-order valence-electron chi connectivity index (χ3n) is 2.22. The van der Waals surface area contributed by atoms with Crippen molar-refractivity contribution >= 4 is 17.4 Å². The largest absolute Gasteiger partial charge is 0.436 e. The fourth-order valence-corrected chi connectivity index (χ4v) is 2.08. The van der Waals surface area contributed by atoms with Crippen molar-refractivity contribution in [3.8, 4) is 0 Å². The number of hydrogen-bond donors (Lipinski definition) is 1. The number of benzene rings is 1. The zero-order chi connectivity index (χ0) is 11.7. The summed E-state index contributed by atoms with van der Waals surface area (Å²) in [5.74, 6) is 0.336. The van der Waals surface area contributed by atoms with Crippen LogP contribution < -0.4 is 5.73 Å². The molecule has 0 atom stereocenters. The van der Waals surface area contributed by atoms with Gasteiger partial charge in [-0.25, -0.2) is 9.37 Å². The second-order valence-corrected chi connectivity index (χ2v) is 4.37. The minimum absolute atomic E-state index is 0.126. The summed E-state index contributed by atoms with van der Waals surface area (Å²) in [6, 6.07) is 4.67. The number of nitrogens with two attached hydrogens (primary N) is 1. The van der Waals surface area contributed by atoms with E-state index in [1.54, 1.807) is 12.1 Å². The third kappa shape index (κ3) is 2.04. The predicted octanol–water partition coefficient (Wildman–Crippen LogP) is 3.16. The van der Waals surface area contributed by atoms with Gasteiger partial charge in [-0.05, 0) is 37.7 Å². The van der Waals surface area contributed by atoms with E-state index in [0.717, 1.165) is 11.5 Å². The molecule has 0 bridgehead atoms. The van der Waals surface area contributed by atoms with Crippen molar-refractivity contribution in [2.24, 2.45) is 0 Å². The van der Waals surface area contributed by atoms with E-state index in [4.69, 9.17) is 10.2 Å². The van der Waals surface area contributed by atoms with E-state index in [1.165, 1.54) is 17.8 Å². The van der Waals surface area contributed by atoms with E-state index in [9.17, 15) is 4.39 Å². The van der Waals surface area contributed by atoms with Crippen LogP contribution in [0.2, 0.25) is 0 Å². The van der Waals surface area contributed by atoms with E-state index < -0.39 is 5.82 Å². The van der Waals surface area contributed by atoms with Gasteiger partial charge in [0.15, 0.2) is 0 Å². The topological polar surface area (TPSA) is 52.0 Å². The van der Waals surface area contributed by atoms with Crippen molar-refractivity contribution in [1.82, 2.24) is 4.98 Å². The van der Waals surface area contributed by atoms with Crippen LogP contribution in [0.4, 0.5) is 10.1 Å². The highest BCUT2D eigenvalue weighted by Gasteiger charge is 2.11. The number of oxazole rings is 1. The standard InChI is InChI=1S/C11H11FN2OS/c1-6-7(2)15-11(14-6)16-9-5-3-4-8(12)10(9)13/h3-5H,13H2,1-2H3. The maximum absolute atomic E-state index is 13.2. The highest BCUT2D eigenvalue weighted by molar-refractivity contribution is 7.99. The van der Waals surface area contributed by atoms with Gasteiger partial charge in [0.2, 0.25) is 0 Å². The molecule has 1 aromatic carbocycles. The molecule has 3 nitrogen and oxygen atoms in total. The number of hydrogen-bond acceptors (Lipinski definition) is 4. The van der Waals surface area contributed by atoms with Gasteiger partial charge in [0.1, 0.15) is 11.6 Å². The Morgan fingerprint density at radius 3 is 2.75 bits per heavy atom. The second kappa shape index (κ2) is 4.17. The molecule has 0 aliphatic heterocycles. The van der Waals surface area contributed by atoms with Crippen molar-refractivity contribution in [2.45, 2.75) is 24.0 Å². The quantitative estimate of drug-likeness (QED) is 0.816. The minimum atomic E-state index is -0.426. The van der Waals surface area contributed by atoms with Gasteiger partial charge in [-0.3, -0.25) is 0 Å². The number of nitrogen functional groups attached to an aromatic ring is 1. The Kier molecular flexibility index (Phi) is 2.87. The summed E-state index contributed by atoms with van der Waals surface area (Å²) in [5.41, 5.74) is 6.57. The maximum atomic E-state index is 13.2. The summed E-state index contributed by atoms with van der Waals surface area (Å²) in [5, 5.41) is 0.479. The number of halogens is 1. The van der Waals surface area contributed by atoms with Gasteiger partial charge in [0.25, 0.3) is 5.22 Å². The summed E-state index contributed by atoms with van der Waals surface area (Å²) in [6.45, 7) is 3.69. The van der Waals surface area contributed by atoms with Crippen LogP contribution in [0.25, 0.3) is 0 Å². The molecule has 0 saturated carbocycles. The van der Waals surface area contributed by atoms with Crippen molar-refractivity contribution in [1.29, 1.82) is 0 Å². The first-order chi connectivity index (χ1) is 7.58. The lowest BCUT2D eigenvalue weighted by atomic mass is 10.3. The Balaban J connectivity index is 2.30. The van der Waals surface area contributed by atoms with Crippen LogP contribution in [-0.2, 0) is 0 Å². The Hall–Kier alpha value is -1.49. The van der Waals surface area contributed by atoms with Crippen molar-refractivity contribution in [3.05, 3.63) is 35.5 Å². The van der Waals surface area contributed by atoms with E-state index in [0.29, 0.717) is 10.1 Å². The highest BCUT2D eigenvalue weighted by Crippen LogP contribution is 2.33. The lowest BCUT2D eigenvalue weighted by molar-refractivity contribution is 0.431. The van der Waals surface area contributed by atoms with E-state index in [1.807, 2.05) is 13.8 Å². The Bertz CT molecular complexity index is 505. The second-order valence-electron chi connectivity index (χ2n) is 3.38. The number of aromatic nitrogens is 1. The smallest absolute Gasteiger partial charge is 0.261 e. The number of nitrogens with zero attached hydrogens (tertiary/aromatic N) is 1. The van der Waals surface area contributed by atoms with Gasteiger partial charge >= 0.3 is 0 Å². The third-order valence-corrected chi connectivity index (χ3v) is 3.14. The molecule has 0 aliphatic rings. The van der Waals surface area contributed by atoms with Gasteiger partial charge in [-0.1, -0.05) is 6.07 Å². The number of aryl methyl sites for hydroxylation is 2. The average molecular weight is 238 g/mol. The Morgan fingerprint density at radius 2 is 2.12 bits per heavy atom. The van der Waals surface area contributed by atoms with Crippen molar-refractivity contribution in [2.75, 3.05) is 5.73 Å². The van der Waals surface area contributed by atoms with Crippen LogP contribution in [0.5, 0.6) is 0 Å².